The first-order chi connectivity index (χ1) is 19.4. The molecule has 0 bridgehead atoms. The molecule has 41 heavy (non-hydrogen) atoms. The van der Waals surface area contributed by atoms with Crippen molar-refractivity contribution in [2.75, 3.05) is 11.3 Å². The van der Waals surface area contributed by atoms with E-state index in [9.17, 15) is 26.4 Å². The lowest BCUT2D eigenvalue weighted by molar-refractivity contribution is -0.115. The van der Waals surface area contributed by atoms with Crippen LogP contribution in [0.25, 0.3) is 6.08 Å². The molecule has 1 fully saturated rings. The van der Waals surface area contributed by atoms with E-state index < -0.39 is 15.5 Å². The van der Waals surface area contributed by atoms with E-state index in [1.165, 1.54) is 16.9 Å². The van der Waals surface area contributed by atoms with Crippen LogP contribution in [0.5, 0.6) is 11.5 Å². The van der Waals surface area contributed by atoms with Crippen molar-refractivity contribution in [2.45, 2.75) is 26.0 Å². The Morgan fingerprint density at radius 2 is 1.56 bits per heavy atom. The second kappa shape index (κ2) is 12.7. The number of halogens is 3. The Balaban J connectivity index is 1.32. The molecule has 13 heteroatoms. The number of ether oxygens (including phenoxy) is 2. The number of rotatable bonds is 10. The minimum absolute atomic E-state index is 0.269. The van der Waals surface area contributed by atoms with E-state index in [4.69, 9.17) is 9.47 Å². The van der Waals surface area contributed by atoms with Gasteiger partial charge in [0.25, 0.3) is 5.91 Å². The highest BCUT2D eigenvalue weighted by molar-refractivity contribution is 8.18. The monoisotopic (exact) mass is 605 g/mol. The lowest BCUT2D eigenvalue weighted by Crippen LogP contribution is -2.29. The highest BCUT2D eigenvalue weighted by Gasteiger charge is 2.46. The minimum atomic E-state index is -5.52. The lowest BCUT2D eigenvalue weighted by atomic mass is 10.2. The van der Waals surface area contributed by atoms with Gasteiger partial charge in [0.1, 0.15) is 18.1 Å². The van der Waals surface area contributed by atoms with Crippen LogP contribution in [0.3, 0.4) is 0 Å². The summed E-state index contributed by atoms with van der Waals surface area (Å²) >= 11 is 1.09. The quantitative estimate of drug-likeness (QED) is 0.257. The highest BCUT2D eigenvalue weighted by Crippen LogP contribution is 2.30. The van der Waals surface area contributed by atoms with Crippen molar-refractivity contribution < 1.29 is 35.9 Å². The number of amidine groups is 1. The molecule has 0 radical (unpaired) electrons. The number of benzene rings is 3. The molecule has 8 nitrogen and oxygen atoms in total. The number of carbonyl (C=O) groups is 1. The van der Waals surface area contributed by atoms with Gasteiger partial charge in [0.2, 0.25) is 0 Å². The number of aliphatic imine (C=N–C) groups is 1. The summed E-state index contributed by atoms with van der Waals surface area (Å²) < 4.78 is 73.1. The van der Waals surface area contributed by atoms with Gasteiger partial charge >= 0.3 is 15.5 Å². The number of sulfonamides is 1. The largest absolute Gasteiger partial charge is 0.516 e. The number of alkyl halides is 3. The van der Waals surface area contributed by atoms with Crippen LogP contribution in [-0.4, -0.2) is 31.6 Å². The first-order valence-corrected chi connectivity index (χ1v) is 14.6. The molecule has 0 atom stereocenters. The van der Waals surface area contributed by atoms with Gasteiger partial charge in [-0.3, -0.25) is 9.52 Å². The molecule has 216 valence electrons. The molecule has 0 aliphatic carbocycles. The van der Waals surface area contributed by atoms with Gasteiger partial charge in [-0.05, 0) is 83.4 Å². The third-order valence-corrected chi connectivity index (χ3v) is 7.42. The van der Waals surface area contributed by atoms with E-state index in [1.807, 2.05) is 36.4 Å². The summed E-state index contributed by atoms with van der Waals surface area (Å²) in [6.45, 7) is 5.23. The van der Waals surface area contributed by atoms with Crippen LogP contribution in [0.1, 0.15) is 25.0 Å². The Morgan fingerprint density at radius 1 is 0.951 bits per heavy atom. The summed E-state index contributed by atoms with van der Waals surface area (Å²) in [7, 11) is -5.52. The van der Waals surface area contributed by atoms with Crippen molar-refractivity contribution in [2.24, 2.45) is 10.9 Å². The zero-order valence-corrected chi connectivity index (χ0v) is 23.6. The van der Waals surface area contributed by atoms with E-state index in [1.54, 1.807) is 18.2 Å². The molecule has 1 heterocycles. The number of nitrogens with one attached hydrogen (secondary N) is 2. The van der Waals surface area contributed by atoms with Crippen molar-refractivity contribution in [1.29, 1.82) is 0 Å². The number of nitrogens with zero attached hydrogens (tertiary/aromatic N) is 1. The van der Waals surface area contributed by atoms with Crippen LogP contribution in [0, 0.1) is 5.92 Å². The van der Waals surface area contributed by atoms with Crippen LogP contribution in [-0.2, 0) is 21.4 Å². The normalized spacial score (nSPS) is 15.8. The van der Waals surface area contributed by atoms with Gasteiger partial charge in [0.15, 0.2) is 5.17 Å². The molecule has 0 spiro atoms. The van der Waals surface area contributed by atoms with Gasteiger partial charge in [-0.2, -0.15) is 21.6 Å². The fourth-order valence-corrected chi connectivity index (χ4v) is 4.74. The molecule has 3 aromatic carbocycles. The predicted molar refractivity (Wildman–Crippen MR) is 153 cm³/mol. The number of thioether (sulfide) groups is 1. The first kappa shape index (κ1) is 30.0. The Bertz CT molecular complexity index is 1540. The SMILES string of the molecule is CC(C)COc1ccc(COc2ccc(/C=C3/SC(=Nc4ccc(NS(=O)(=O)C(F)(F)F)cc4)NC3=O)cc2)cc1. The van der Waals surface area contributed by atoms with Crippen molar-refractivity contribution in [1.82, 2.24) is 5.32 Å². The third-order valence-electron chi connectivity index (χ3n) is 5.40. The smallest absolute Gasteiger partial charge is 0.493 e. The van der Waals surface area contributed by atoms with Crippen LogP contribution in [0.2, 0.25) is 0 Å². The number of carbonyl (C=O) groups excluding carboxylic acids is 1. The van der Waals surface area contributed by atoms with Crippen LogP contribution in [0.15, 0.2) is 82.7 Å². The Hall–Kier alpha value is -3.97. The summed E-state index contributed by atoms with van der Waals surface area (Å²) in [5.74, 6) is 1.57. The standard InChI is InChI=1S/C28H26F3N3O5S2/c1-18(2)16-38-23-13-5-20(6-14-23)17-39-24-11-3-19(4-12-24)15-25-26(35)33-27(40-25)32-21-7-9-22(10-8-21)34-41(36,37)28(29,30)31/h3-15,18,34H,16-17H2,1-2H3,(H,32,33,35)/b25-15+. The molecular weight excluding hydrogens is 579 g/mol. The average Bonchev–Trinajstić information content (AvgIpc) is 3.26. The molecule has 1 saturated heterocycles. The van der Waals surface area contributed by atoms with Crippen molar-refractivity contribution in [3.8, 4) is 11.5 Å². The topological polar surface area (TPSA) is 106 Å². The third kappa shape index (κ3) is 8.51. The van der Waals surface area contributed by atoms with Gasteiger partial charge in [0.05, 0.1) is 17.2 Å². The Kier molecular flexibility index (Phi) is 9.28. The van der Waals surface area contributed by atoms with Gasteiger partial charge in [-0.25, -0.2) is 4.99 Å². The summed E-state index contributed by atoms with van der Waals surface area (Å²) in [6, 6.07) is 19.9. The fraction of sp³-hybridized carbons (Fsp3) is 0.214. The van der Waals surface area contributed by atoms with Gasteiger partial charge in [-0.1, -0.05) is 38.1 Å². The zero-order chi connectivity index (χ0) is 29.6. The highest BCUT2D eigenvalue weighted by atomic mass is 32.2. The first-order valence-electron chi connectivity index (χ1n) is 12.3. The van der Waals surface area contributed by atoms with E-state index in [2.05, 4.69) is 24.2 Å². The number of hydrogen-bond acceptors (Lipinski definition) is 7. The lowest BCUT2D eigenvalue weighted by Gasteiger charge is -2.10. The second-order valence-corrected chi connectivity index (χ2v) is 12.0. The minimum Gasteiger partial charge on any atom is -0.493 e. The maximum atomic E-state index is 12.5. The molecule has 3 aromatic rings. The molecule has 1 amide bonds. The van der Waals surface area contributed by atoms with Gasteiger partial charge < -0.3 is 14.8 Å². The fourth-order valence-electron chi connectivity index (χ4n) is 3.34. The molecule has 0 saturated carbocycles. The summed E-state index contributed by atoms with van der Waals surface area (Å²) in [4.78, 5) is 17.1. The molecule has 1 aliphatic heterocycles. The molecule has 2 N–H and O–H groups in total. The van der Waals surface area contributed by atoms with E-state index >= 15 is 0 Å². The van der Waals surface area contributed by atoms with Crippen LogP contribution >= 0.6 is 11.8 Å². The van der Waals surface area contributed by atoms with Crippen molar-refractivity contribution >= 4 is 50.3 Å². The summed E-state index contributed by atoms with van der Waals surface area (Å²) in [6.07, 6.45) is 1.69. The number of hydrogen-bond donors (Lipinski definition) is 2. The Labute approximate surface area is 239 Å². The molecule has 1 aliphatic rings. The predicted octanol–water partition coefficient (Wildman–Crippen LogP) is 6.45. The maximum Gasteiger partial charge on any atom is 0.516 e. The summed E-state index contributed by atoms with van der Waals surface area (Å²) in [5, 5.41) is 2.89. The van der Waals surface area contributed by atoms with Crippen LogP contribution in [0.4, 0.5) is 24.5 Å². The van der Waals surface area contributed by atoms with E-state index in [0.29, 0.717) is 35.5 Å². The van der Waals surface area contributed by atoms with Crippen molar-refractivity contribution in [3.05, 3.63) is 88.8 Å². The van der Waals surface area contributed by atoms with Gasteiger partial charge in [0, 0.05) is 5.69 Å². The molecular formula is C28H26F3N3O5S2. The molecule has 0 unspecified atom stereocenters. The maximum absolute atomic E-state index is 12.5. The number of amides is 1. The van der Waals surface area contributed by atoms with Crippen molar-refractivity contribution in [3.63, 3.8) is 0 Å². The van der Waals surface area contributed by atoms with E-state index in [-0.39, 0.29) is 16.8 Å². The van der Waals surface area contributed by atoms with Gasteiger partial charge in [-0.15, -0.1) is 0 Å². The van der Waals surface area contributed by atoms with Crippen LogP contribution < -0.4 is 19.5 Å². The Morgan fingerprint density at radius 3 is 2.17 bits per heavy atom. The summed E-state index contributed by atoms with van der Waals surface area (Å²) in [5.41, 5.74) is -3.63. The number of anilines is 1. The van der Waals surface area contributed by atoms with E-state index in [0.717, 1.165) is 40.8 Å². The average molecular weight is 606 g/mol. The second-order valence-electron chi connectivity index (χ2n) is 9.29. The molecule has 4 rings (SSSR count). The molecule has 0 aromatic heterocycles. The zero-order valence-electron chi connectivity index (χ0n) is 21.9.